The topological polar surface area (TPSA) is 148 Å². The first kappa shape index (κ1) is 36.7. The summed E-state index contributed by atoms with van der Waals surface area (Å²) >= 11 is 0. The van der Waals surface area contributed by atoms with Crippen molar-refractivity contribution >= 4 is 52.7 Å². The summed E-state index contributed by atoms with van der Waals surface area (Å²) in [7, 11) is 1.41. The van der Waals surface area contributed by atoms with Crippen molar-refractivity contribution in [3.8, 4) is 16.9 Å². The molecule has 4 aromatic rings. The van der Waals surface area contributed by atoms with Crippen molar-refractivity contribution in [2.75, 3.05) is 31.7 Å². The van der Waals surface area contributed by atoms with Gasteiger partial charge in [0, 0.05) is 13.1 Å². The summed E-state index contributed by atoms with van der Waals surface area (Å²) in [5.74, 6) is -3.11. The van der Waals surface area contributed by atoms with Gasteiger partial charge >= 0.3 is 5.97 Å². The monoisotopic (exact) mass is 739 g/mol. The van der Waals surface area contributed by atoms with E-state index >= 15 is 0 Å². The van der Waals surface area contributed by atoms with E-state index in [-0.39, 0.29) is 46.7 Å². The Bertz CT molecular complexity index is 2340. The van der Waals surface area contributed by atoms with Gasteiger partial charge in [-0.2, -0.15) is 0 Å². The third-order valence-electron chi connectivity index (χ3n) is 9.85. The number of amides is 6. The van der Waals surface area contributed by atoms with Gasteiger partial charge in [0.1, 0.15) is 12.4 Å². The van der Waals surface area contributed by atoms with Crippen LogP contribution < -0.4 is 9.64 Å². The molecule has 0 atom stereocenters. The first-order chi connectivity index (χ1) is 26.5. The molecule has 0 radical (unpaired) electrons. The number of hydrogen-bond donors (Lipinski definition) is 0. The molecule has 0 N–H and O–H groups in total. The van der Waals surface area contributed by atoms with Crippen LogP contribution in [0.3, 0.4) is 0 Å². The van der Waals surface area contributed by atoms with Crippen molar-refractivity contribution in [3.05, 3.63) is 124 Å². The third-order valence-corrected chi connectivity index (χ3v) is 9.85. The molecule has 0 bridgehead atoms. The Hall–Kier alpha value is -6.69. The zero-order valence-electron chi connectivity index (χ0n) is 30.5. The maximum atomic E-state index is 13.7. The molecular formula is C43H37N3O9. The predicted octanol–water partition coefficient (Wildman–Crippen LogP) is 6.26. The van der Waals surface area contributed by atoms with Crippen LogP contribution in [-0.2, 0) is 14.3 Å². The van der Waals surface area contributed by atoms with Crippen molar-refractivity contribution < 1.29 is 43.0 Å². The van der Waals surface area contributed by atoms with Crippen LogP contribution in [0, 0.1) is 6.92 Å². The fourth-order valence-electron chi connectivity index (χ4n) is 6.90. The molecule has 0 aromatic heterocycles. The number of ether oxygens (including phenoxy) is 2. The van der Waals surface area contributed by atoms with Crippen LogP contribution in [0.5, 0.6) is 5.75 Å². The highest BCUT2D eigenvalue weighted by molar-refractivity contribution is 6.35. The molecule has 278 valence electrons. The van der Waals surface area contributed by atoms with Gasteiger partial charge in [0.25, 0.3) is 35.4 Å². The summed E-state index contributed by atoms with van der Waals surface area (Å²) in [6.45, 7) is 4.00. The molecule has 4 aromatic carbocycles. The maximum absolute atomic E-state index is 13.7. The number of imide groups is 3. The highest BCUT2D eigenvalue weighted by Crippen LogP contribution is 2.34. The van der Waals surface area contributed by atoms with E-state index in [1.807, 2.05) is 0 Å². The fourth-order valence-corrected chi connectivity index (χ4v) is 6.90. The molecular weight excluding hydrogens is 702 g/mol. The highest BCUT2D eigenvalue weighted by Gasteiger charge is 2.38. The third kappa shape index (κ3) is 6.94. The Balaban J connectivity index is 0.985. The Kier molecular flexibility index (Phi) is 9.98. The minimum Gasteiger partial charge on any atom is -0.494 e. The normalized spacial score (nSPS) is 14.9. The average Bonchev–Trinajstić information content (AvgIpc) is 3.70. The summed E-state index contributed by atoms with van der Waals surface area (Å²) in [6, 6.07) is 21.1. The van der Waals surface area contributed by atoms with Crippen molar-refractivity contribution in [1.82, 2.24) is 9.80 Å². The van der Waals surface area contributed by atoms with E-state index in [2.05, 4.69) is 6.92 Å². The number of anilines is 1. The lowest BCUT2D eigenvalue weighted by Gasteiger charge is -2.17. The summed E-state index contributed by atoms with van der Waals surface area (Å²) in [5.41, 5.74) is 3.64. The second kappa shape index (κ2) is 15.0. The van der Waals surface area contributed by atoms with Crippen LogP contribution in [0.15, 0.2) is 84.9 Å². The number of benzene rings is 4. The maximum Gasteiger partial charge on any atom is 0.338 e. The van der Waals surface area contributed by atoms with Crippen LogP contribution in [0.25, 0.3) is 16.7 Å². The molecule has 0 fully saturated rings. The molecule has 6 amide bonds. The Morgan fingerprint density at radius 1 is 0.636 bits per heavy atom. The SMILES string of the molecule is CCCCCCOc1ccc(C2=CC(=O)N(CCOC(=O)c3cc(C)cc(N4C(=O)c5ccc(-c6ccc7c(c6)C(=O)N(C)C7=O)cc5C4=O)c3)C2=O)cc1. The minimum absolute atomic E-state index is 0.0696. The number of fused-ring (bicyclic) bond motifs is 2. The predicted molar refractivity (Wildman–Crippen MR) is 202 cm³/mol. The van der Waals surface area contributed by atoms with Crippen LogP contribution in [-0.4, -0.2) is 78.0 Å². The lowest BCUT2D eigenvalue weighted by molar-refractivity contribution is -0.137. The van der Waals surface area contributed by atoms with Gasteiger partial charge in [-0.3, -0.25) is 38.6 Å². The zero-order chi connectivity index (χ0) is 39.0. The number of carbonyl (C=O) groups excluding carboxylic acids is 7. The molecule has 55 heavy (non-hydrogen) atoms. The van der Waals surface area contributed by atoms with Crippen molar-refractivity contribution in [2.45, 2.75) is 39.5 Å². The average molecular weight is 740 g/mol. The van der Waals surface area contributed by atoms with Crippen molar-refractivity contribution in [3.63, 3.8) is 0 Å². The standard InChI is InChI=1S/C43H37N3O9/c1-4-5-6-7-17-54-31-12-8-26(9-13-31)34-24-37(47)45(40(34)50)16-18-55-43(53)29-19-25(2)20-30(21-29)46-41(51)33-15-11-28(23-36(33)42(46)52)27-10-14-32-35(22-27)39(49)44(3)38(32)48/h8-15,19-24H,4-7,16-18H2,1-3H3. The first-order valence-corrected chi connectivity index (χ1v) is 18.1. The Morgan fingerprint density at radius 3 is 1.95 bits per heavy atom. The molecule has 7 rings (SSSR count). The molecule has 0 unspecified atom stereocenters. The summed E-state index contributed by atoms with van der Waals surface area (Å²) < 4.78 is 11.2. The Labute approximate surface area is 316 Å². The number of rotatable bonds is 13. The van der Waals surface area contributed by atoms with Gasteiger partial charge in [-0.1, -0.05) is 50.5 Å². The van der Waals surface area contributed by atoms with E-state index < -0.39 is 41.4 Å². The van der Waals surface area contributed by atoms with Crippen molar-refractivity contribution in [1.29, 1.82) is 0 Å². The lowest BCUT2D eigenvalue weighted by atomic mass is 9.97. The lowest BCUT2D eigenvalue weighted by Crippen LogP contribution is -2.34. The van der Waals surface area contributed by atoms with E-state index in [4.69, 9.17) is 9.47 Å². The van der Waals surface area contributed by atoms with E-state index in [0.29, 0.717) is 40.2 Å². The largest absolute Gasteiger partial charge is 0.494 e. The number of unbranched alkanes of at least 4 members (excludes halogenated alkanes) is 3. The van der Waals surface area contributed by atoms with Crippen molar-refractivity contribution in [2.24, 2.45) is 0 Å². The molecule has 0 saturated heterocycles. The minimum atomic E-state index is -0.767. The molecule has 3 aliphatic rings. The van der Waals surface area contributed by atoms with Gasteiger partial charge in [0.2, 0.25) is 0 Å². The molecule has 3 aliphatic heterocycles. The molecule has 0 saturated carbocycles. The van der Waals surface area contributed by atoms with E-state index in [0.717, 1.165) is 40.4 Å². The number of hydrogen-bond acceptors (Lipinski definition) is 9. The summed E-state index contributed by atoms with van der Waals surface area (Å²) in [6.07, 6.45) is 5.62. The van der Waals surface area contributed by atoms with Crippen LogP contribution in [0.4, 0.5) is 5.69 Å². The summed E-state index contributed by atoms with van der Waals surface area (Å²) in [4.78, 5) is 94.3. The molecule has 12 heteroatoms. The molecule has 3 heterocycles. The zero-order valence-corrected chi connectivity index (χ0v) is 30.5. The van der Waals surface area contributed by atoms with Crippen LogP contribution >= 0.6 is 0 Å². The van der Waals surface area contributed by atoms with E-state index in [1.54, 1.807) is 73.7 Å². The number of esters is 1. The van der Waals surface area contributed by atoms with E-state index in [9.17, 15) is 33.6 Å². The second-order valence-electron chi connectivity index (χ2n) is 13.6. The van der Waals surface area contributed by atoms with Gasteiger partial charge in [0.05, 0.1) is 52.2 Å². The smallest absolute Gasteiger partial charge is 0.338 e. The molecule has 0 aliphatic carbocycles. The summed E-state index contributed by atoms with van der Waals surface area (Å²) in [5, 5.41) is 0. The Morgan fingerprint density at radius 2 is 1.25 bits per heavy atom. The number of carbonyl (C=O) groups is 7. The van der Waals surface area contributed by atoms with Gasteiger partial charge in [-0.05, 0) is 90.2 Å². The molecule has 0 spiro atoms. The fraction of sp³-hybridized carbons (Fsp3) is 0.233. The van der Waals surface area contributed by atoms with Gasteiger partial charge in [-0.25, -0.2) is 9.69 Å². The second-order valence-corrected chi connectivity index (χ2v) is 13.6. The number of nitrogens with zero attached hydrogens (tertiary/aromatic N) is 3. The quantitative estimate of drug-likeness (QED) is 0.0881. The van der Waals surface area contributed by atoms with Gasteiger partial charge < -0.3 is 9.47 Å². The first-order valence-electron chi connectivity index (χ1n) is 18.1. The molecule has 12 nitrogen and oxygen atoms in total. The van der Waals surface area contributed by atoms with Crippen LogP contribution in [0.2, 0.25) is 0 Å². The van der Waals surface area contributed by atoms with E-state index in [1.165, 1.54) is 25.3 Å². The highest BCUT2D eigenvalue weighted by atomic mass is 16.5. The number of aryl methyl sites for hydroxylation is 1. The van der Waals surface area contributed by atoms with Crippen LogP contribution in [0.1, 0.15) is 95.5 Å². The van der Waals surface area contributed by atoms with Gasteiger partial charge in [0.15, 0.2) is 0 Å². The van der Waals surface area contributed by atoms with Gasteiger partial charge in [-0.15, -0.1) is 0 Å².